The summed E-state index contributed by atoms with van der Waals surface area (Å²) in [5, 5.41) is 3.43. The van der Waals surface area contributed by atoms with Gasteiger partial charge in [0.2, 0.25) is 0 Å². The zero-order valence-electron chi connectivity index (χ0n) is 10.3. The lowest BCUT2D eigenvalue weighted by Crippen LogP contribution is -2.46. The Bertz CT molecular complexity index is 193. The highest BCUT2D eigenvalue weighted by Crippen LogP contribution is 2.32. The molecule has 15 heavy (non-hydrogen) atoms. The SMILES string of the molecule is CNC1CCCN(CC2CCCC2C)C1. The first kappa shape index (κ1) is 11.4. The fourth-order valence-corrected chi connectivity index (χ4v) is 3.28. The van der Waals surface area contributed by atoms with Crippen molar-refractivity contribution in [2.45, 2.75) is 45.1 Å². The van der Waals surface area contributed by atoms with Crippen LogP contribution in [0.3, 0.4) is 0 Å². The summed E-state index contributed by atoms with van der Waals surface area (Å²) in [5.74, 6) is 1.96. The van der Waals surface area contributed by atoms with E-state index in [-0.39, 0.29) is 0 Å². The minimum absolute atomic E-state index is 0.746. The number of hydrogen-bond donors (Lipinski definition) is 1. The molecule has 2 fully saturated rings. The number of nitrogens with zero attached hydrogens (tertiary/aromatic N) is 1. The summed E-state index contributed by atoms with van der Waals surface area (Å²) >= 11 is 0. The Morgan fingerprint density at radius 2 is 2.07 bits per heavy atom. The Hall–Kier alpha value is -0.0800. The smallest absolute Gasteiger partial charge is 0.0192 e. The lowest BCUT2D eigenvalue weighted by atomic mass is 9.96. The van der Waals surface area contributed by atoms with Crippen molar-refractivity contribution in [3.8, 4) is 0 Å². The van der Waals surface area contributed by atoms with Crippen LogP contribution >= 0.6 is 0 Å². The van der Waals surface area contributed by atoms with E-state index < -0.39 is 0 Å². The minimum atomic E-state index is 0.746. The van der Waals surface area contributed by atoms with Crippen LogP contribution in [0.1, 0.15) is 39.0 Å². The molecule has 0 aromatic rings. The van der Waals surface area contributed by atoms with Crippen molar-refractivity contribution >= 4 is 0 Å². The van der Waals surface area contributed by atoms with Gasteiger partial charge >= 0.3 is 0 Å². The summed E-state index contributed by atoms with van der Waals surface area (Å²) in [5.41, 5.74) is 0. The molecule has 3 atom stereocenters. The van der Waals surface area contributed by atoms with Crippen molar-refractivity contribution in [2.24, 2.45) is 11.8 Å². The molecule has 1 aliphatic carbocycles. The highest BCUT2D eigenvalue weighted by Gasteiger charge is 2.27. The summed E-state index contributed by atoms with van der Waals surface area (Å²) in [4.78, 5) is 2.69. The Morgan fingerprint density at radius 1 is 1.20 bits per heavy atom. The van der Waals surface area contributed by atoms with Gasteiger partial charge in [-0.2, -0.15) is 0 Å². The predicted octanol–water partition coefficient (Wildman–Crippen LogP) is 2.11. The number of rotatable bonds is 3. The van der Waals surface area contributed by atoms with E-state index in [1.165, 1.54) is 51.7 Å². The molecule has 0 spiro atoms. The van der Waals surface area contributed by atoms with E-state index in [4.69, 9.17) is 0 Å². The third-order valence-electron chi connectivity index (χ3n) is 4.45. The highest BCUT2D eigenvalue weighted by molar-refractivity contribution is 4.82. The molecule has 2 heteroatoms. The van der Waals surface area contributed by atoms with Gasteiger partial charge in [0.05, 0.1) is 0 Å². The van der Waals surface area contributed by atoms with Crippen molar-refractivity contribution in [1.82, 2.24) is 10.2 Å². The van der Waals surface area contributed by atoms with Gasteiger partial charge in [-0.05, 0) is 44.7 Å². The summed E-state index contributed by atoms with van der Waals surface area (Å²) in [6, 6.07) is 0.746. The van der Waals surface area contributed by atoms with Gasteiger partial charge in [0.25, 0.3) is 0 Å². The average molecular weight is 210 g/mol. The molecule has 2 aliphatic rings. The maximum absolute atomic E-state index is 3.43. The summed E-state index contributed by atoms with van der Waals surface area (Å²) < 4.78 is 0. The largest absolute Gasteiger partial charge is 0.316 e. The van der Waals surface area contributed by atoms with Crippen molar-refractivity contribution in [3.63, 3.8) is 0 Å². The van der Waals surface area contributed by atoms with E-state index in [0.717, 1.165) is 17.9 Å². The van der Waals surface area contributed by atoms with E-state index in [1.54, 1.807) is 0 Å². The standard InChI is InChI=1S/C13H26N2/c1-11-5-3-6-12(11)9-15-8-4-7-13(10-15)14-2/h11-14H,3-10H2,1-2H3. The maximum Gasteiger partial charge on any atom is 0.0192 e. The van der Waals surface area contributed by atoms with Gasteiger partial charge < -0.3 is 10.2 Å². The number of nitrogens with one attached hydrogen (secondary N) is 1. The molecule has 1 saturated carbocycles. The second-order valence-electron chi connectivity index (χ2n) is 5.56. The molecule has 0 radical (unpaired) electrons. The second-order valence-corrected chi connectivity index (χ2v) is 5.56. The first-order valence-corrected chi connectivity index (χ1v) is 6.69. The fourth-order valence-electron chi connectivity index (χ4n) is 3.28. The average Bonchev–Trinajstić information content (AvgIpc) is 2.65. The van der Waals surface area contributed by atoms with E-state index in [0.29, 0.717) is 0 Å². The zero-order chi connectivity index (χ0) is 10.7. The van der Waals surface area contributed by atoms with Crippen molar-refractivity contribution in [1.29, 1.82) is 0 Å². The van der Waals surface area contributed by atoms with Crippen LogP contribution in [-0.4, -0.2) is 37.6 Å². The van der Waals surface area contributed by atoms with Crippen LogP contribution in [0.4, 0.5) is 0 Å². The van der Waals surface area contributed by atoms with Crippen LogP contribution < -0.4 is 5.32 Å². The molecule has 0 amide bonds. The monoisotopic (exact) mass is 210 g/mol. The van der Waals surface area contributed by atoms with Gasteiger partial charge in [0.1, 0.15) is 0 Å². The lowest BCUT2D eigenvalue weighted by Gasteiger charge is -2.35. The molecule has 0 aromatic carbocycles. The van der Waals surface area contributed by atoms with Crippen molar-refractivity contribution < 1.29 is 0 Å². The van der Waals surface area contributed by atoms with Crippen LogP contribution in [0.5, 0.6) is 0 Å². The number of piperidine rings is 1. The molecule has 0 bridgehead atoms. The molecular formula is C13H26N2. The fraction of sp³-hybridized carbons (Fsp3) is 1.00. The quantitative estimate of drug-likeness (QED) is 0.767. The van der Waals surface area contributed by atoms with Crippen LogP contribution in [0.2, 0.25) is 0 Å². The van der Waals surface area contributed by atoms with Crippen LogP contribution in [0.25, 0.3) is 0 Å². The van der Waals surface area contributed by atoms with Gasteiger partial charge in [-0.1, -0.05) is 19.8 Å². The Kier molecular flexibility index (Phi) is 4.04. The van der Waals surface area contributed by atoms with Gasteiger partial charge in [0.15, 0.2) is 0 Å². The summed E-state index contributed by atoms with van der Waals surface area (Å²) in [7, 11) is 2.10. The molecule has 1 aliphatic heterocycles. The van der Waals surface area contributed by atoms with Crippen molar-refractivity contribution in [3.05, 3.63) is 0 Å². The van der Waals surface area contributed by atoms with Gasteiger partial charge in [0, 0.05) is 19.1 Å². The number of likely N-dealkylation sites (tertiary alicyclic amines) is 1. The molecule has 1 N–H and O–H groups in total. The van der Waals surface area contributed by atoms with Gasteiger partial charge in [-0.25, -0.2) is 0 Å². The van der Waals surface area contributed by atoms with Crippen LogP contribution in [0, 0.1) is 11.8 Å². The molecule has 1 saturated heterocycles. The first-order valence-electron chi connectivity index (χ1n) is 6.69. The van der Waals surface area contributed by atoms with E-state index in [1.807, 2.05) is 0 Å². The maximum atomic E-state index is 3.43. The predicted molar refractivity (Wildman–Crippen MR) is 65.0 cm³/mol. The topological polar surface area (TPSA) is 15.3 Å². The van der Waals surface area contributed by atoms with Gasteiger partial charge in [-0.3, -0.25) is 0 Å². The first-order chi connectivity index (χ1) is 7.29. The minimum Gasteiger partial charge on any atom is -0.316 e. The lowest BCUT2D eigenvalue weighted by molar-refractivity contribution is 0.157. The third kappa shape index (κ3) is 2.94. The van der Waals surface area contributed by atoms with Gasteiger partial charge in [-0.15, -0.1) is 0 Å². The summed E-state index contributed by atoms with van der Waals surface area (Å²) in [6.07, 6.45) is 7.16. The van der Waals surface area contributed by atoms with E-state index in [9.17, 15) is 0 Å². The highest BCUT2D eigenvalue weighted by atomic mass is 15.2. The van der Waals surface area contributed by atoms with Crippen LogP contribution in [-0.2, 0) is 0 Å². The van der Waals surface area contributed by atoms with E-state index >= 15 is 0 Å². The molecule has 2 rings (SSSR count). The molecule has 3 unspecified atom stereocenters. The number of hydrogen-bond acceptors (Lipinski definition) is 2. The molecular weight excluding hydrogens is 184 g/mol. The normalized spacial score (nSPS) is 38.4. The Balaban J connectivity index is 1.78. The van der Waals surface area contributed by atoms with Crippen LogP contribution in [0.15, 0.2) is 0 Å². The van der Waals surface area contributed by atoms with E-state index in [2.05, 4.69) is 24.2 Å². The second kappa shape index (κ2) is 5.31. The molecule has 88 valence electrons. The molecule has 2 nitrogen and oxygen atoms in total. The van der Waals surface area contributed by atoms with Crippen molar-refractivity contribution in [2.75, 3.05) is 26.7 Å². The summed E-state index contributed by atoms with van der Waals surface area (Å²) in [6.45, 7) is 6.41. The zero-order valence-corrected chi connectivity index (χ0v) is 10.3. The molecule has 1 heterocycles. The third-order valence-corrected chi connectivity index (χ3v) is 4.45. The molecule has 0 aromatic heterocycles. The number of likely N-dealkylation sites (N-methyl/N-ethyl adjacent to an activating group) is 1. The Morgan fingerprint density at radius 3 is 2.73 bits per heavy atom. The Labute approximate surface area is 94.4 Å².